The maximum atomic E-state index is 13.6. The molecule has 31 heteroatoms. The molecule has 0 bridgehead atoms. The Labute approximate surface area is 373 Å². The van der Waals surface area contributed by atoms with E-state index in [-0.39, 0.29) is 18.1 Å². The minimum absolute atomic E-state index is 0.0718. The van der Waals surface area contributed by atoms with Crippen LogP contribution in [0.15, 0.2) is 36.4 Å². The van der Waals surface area contributed by atoms with Crippen molar-refractivity contribution in [3.63, 3.8) is 0 Å². The van der Waals surface area contributed by atoms with Crippen LogP contribution in [0.1, 0.15) is 60.8 Å². The Balaban J connectivity index is 0.000000911. The molecule has 7 N–H and O–H groups in total. The summed E-state index contributed by atoms with van der Waals surface area (Å²) in [5.41, 5.74) is -1.43. The van der Waals surface area contributed by atoms with Gasteiger partial charge in [-0.25, -0.2) is 9.59 Å². The molecule has 0 aliphatic rings. The number of nitro benzene ring substituents is 6. The zero-order valence-electron chi connectivity index (χ0n) is 35.8. The van der Waals surface area contributed by atoms with Gasteiger partial charge in [-0.05, 0) is 17.8 Å². The van der Waals surface area contributed by atoms with Crippen LogP contribution < -0.4 is 16.4 Å². The highest BCUT2D eigenvalue weighted by Gasteiger charge is 2.32. The van der Waals surface area contributed by atoms with Crippen LogP contribution in [-0.2, 0) is 14.4 Å². The molecule has 0 saturated heterocycles. The van der Waals surface area contributed by atoms with Crippen molar-refractivity contribution < 1.29 is 76.8 Å². The topological polar surface area (TPSA) is 421 Å². The summed E-state index contributed by atoms with van der Waals surface area (Å²) < 4.78 is 52.5. The van der Waals surface area contributed by atoms with E-state index in [0.29, 0.717) is 37.1 Å². The zero-order valence-corrected chi connectivity index (χ0v) is 35.8. The fourth-order valence-electron chi connectivity index (χ4n) is 4.92. The van der Waals surface area contributed by atoms with Crippen molar-refractivity contribution in [1.29, 1.82) is 0 Å². The Bertz CT molecular complexity index is 2220. The zero-order chi connectivity index (χ0) is 52.4. The molecule has 0 fully saturated rings. The number of nitrogens with two attached hydrogens (primary N) is 1. The lowest BCUT2D eigenvalue weighted by Gasteiger charge is -2.21. The van der Waals surface area contributed by atoms with Crippen LogP contribution in [0.25, 0.3) is 0 Å². The number of hydrogen-bond acceptors (Lipinski definition) is 18. The molecule has 0 saturated carbocycles. The molecule has 1 unspecified atom stereocenters. The summed E-state index contributed by atoms with van der Waals surface area (Å²) in [6.07, 6.45) is 1.74. The summed E-state index contributed by atoms with van der Waals surface area (Å²) in [6.45, 7) is 10.4. The van der Waals surface area contributed by atoms with E-state index >= 15 is 0 Å². The second-order valence-corrected chi connectivity index (χ2v) is 13.9. The molecule has 3 aromatic rings. The van der Waals surface area contributed by atoms with E-state index < -0.39 is 146 Å². The van der Waals surface area contributed by atoms with Crippen molar-refractivity contribution in [2.75, 3.05) is 10.6 Å². The van der Waals surface area contributed by atoms with E-state index in [4.69, 9.17) is 21.1 Å². The highest BCUT2D eigenvalue weighted by molar-refractivity contribution is 5.81. The summed E-state index contributed by atoms with van der Waals surface area (Å²) in [5, 5.41) is 94.9. The molecule has 0 aliphatic heterocycles. The third-order valence-electron chi connectivity index (χ3n) is 9.45. The second kappa shape index (κ2) is 26.5. The number of nitro groups is 6. The lowest BCUT2D eigenvalue weighted by molar-refractivity contribution is -0.397. The molecule has 368 valence electrons. The lowest BCUT2D eigenvalue weighted by Crippen LogP contribution is -2.36. The summed E-state index contributed by atoms with van der Waals surface area (Å²) in [5.74, 6) is -9.61. The van der Waals surface area contributed by atoms with Crippen molar-refractivity contribution >= 4 is 63.4 Å². The van der Waals surface area contributed by atoms with Gasteiger partial charge >= 0.3 is 40.7 Å². The molecular formula is C36H43F4N9O18. The van der Waals surface area contributed by atoms with Gasteiger partial charge in [0.15, 0.2) is 0 Å². The number of halogens is 4. The Morgan fingerprint density at radius 3 is 0.910 bits per heavy atom. The maximum Gasteiger partial charge on any atom is 0.326 e. The van der Waals surface area contributed by atoms with Crippen LogP contribution >= 0.6 is 0 Å². The van der Waals surface area contributed by atoms with Gasteiger partial charge in [0.05, 0.1) is 41.7 Å². The monoisotopic (exact) mass is 965 g/mol. The van der Waals surface area contributed by atoms with Crippen LogP contribution in [0, 0.1) is 102 Å². The van der Waals surface area contributed by atoms with E-state index in [1.54, 1.807) is 27.7 Å². The van der Waals surface area contributed by atoms with E-state index in [1.165, 1.54) is 0 Å². The van der Waals surface area contributed by atoms with Gasteiger partial charge < -0.3 is 31.7 Å². The molecular weight excluding hydrogens is 922 g/mol. The third-order valence-corrected chi connectivity index (χ3v) is 9.45. The van der Waals surface area contributed by atoms with Gasteiger partial charge in [-0.15, -0.1) is 0 Å². The number of hydrogen-bond donors (Lipinski definition) is 6. The van der Waals surface area contributed by atoms with E-state index in [0.717, 1.165) is 6.42 Å². The number of nitrogens with zero attached hydrogens (tertiary/aromatic N) is 6. The highest BCUT2D eigenvalue weighted by atomic mass is 19.1. The first kappa shape index (κ1) is 58.8. The molecule has 0 aliphatic carbocycles. The first-order valence-electron chi connectivity index (χ1n) is 18.9. The normalized spacial score (nSPS) is 13.0. The highest BCUT2D eigenvalue weighted by Crippen LogP contribution is 2.34. The van der Waals surface area contributed by atoms with Gasteiger partial charge in [0.1, 0.15) is 35.6 Å². The van der Waals surface area contributed by atoms with Crippen LogP contribution in [0.4, 0.5) is 63.1 Å². The molecule has 0 radical (unpaired) electrons. The quantitative estimate of drug-likeness (QED) is 0.0389. The largest absolute Gasteiger partial charge is 0.480 e. The number of benzene rings is 3. The Morgan fingerprint density at radius 1 is 0.478 bits per heavy atom. The number of rotatable bonds is 19. The summed E-state index contributed by atoms with van der Waals surface area (Å²) in [6, 6.07) is -0.672. The van der Waals surface area contributed by atoms with E-state index in [9.17, 15) is 92.6 Å². The van der Waals surface area contributed by atoms with Crippen molar-refractivity contribution in [1.82, 2.24) is 0 Å². The Morgan fingerprint density at radius 2 is 0.716 bits per heavy atom. The molecule has 0 heterocycles. The van der Waals surface area contributed by atoms with Gasteiger partial charge in [0, 0.05) is 18.2 Å². The molecule has 3 rings (SSSR count). The van der Waals surface area contributed by atoms with Crippen LogP contribution in [0.5, 0.6) is 0 Å². The Kier molecular flexibility index (Phi) is 23.3. The fraction of sp³-hybridized carbons (Fsp3) is 0.417. The van der Waals surface area contributed by atoms with E-state index in [1.807, 2.05) is 13.8 Å². The smallest absolute Gasteiger partial charge is 0.326 e. The summed E-state index contributed by atoms with van der Waals surface area (Å²) >= 11 is 0. The van der Waals surface area contributed by atoms with E-state index in [2.05, 4.69) is 10.6 Å². The summed E-state index contributed by atoms with van der Waals surface area (Å²) in [7, 11) is 0. The number of aliphatic carboxylic acids is 3. The minimum atomic E-state index is -1.45. The van der Waals surface area contributed by atoms with Crippen LogP contribution in [0.3, 0.4) is 0 Å². The Hall–Kier alpha value is -8.25. The van der Waals surface area contributed by atoms with Gasteiger partial charge in [-0.2, -0.15) is 17.6 Å². The number of carboxylic acids is 3. The molecule has 0 spiro atoms. The molecule has 27 nitrogen and oxygen atoms in total. The van der Waals surface area contributed by atoms with Gasteiger partial charge in [-0.3, -0.25) is 65.5 Å². The number of carbonyl (C=O) groups is 3. The van der Waals surface area contributed by atoms with Gasteiger partial charge in [0.2, 0.25) is 23.3 Å². The average Bonchev–Trinajstić information content (AvgIpc) is 3.23. The number of carboxylic acid groups (broad SMARTS) is 3. The third kappa shape index (κ3) is 17.3. The molecule has 67 heavy (non-hydrogen) atoms. The minimum Gasteiger partial charge on any atom is -0.480 e. The molecule has 6 atom stereocenters. The van der Waals surface area contributed by atoms with Gasteiger partial charge in [-0.1, -0.05) is 60.8 Å². The first-order valence-corrected chi connectivity index (χ1v) is 18.9. The fourth-order valence-corrected chi connectivity index (χ4v) is 4.92. The van der Waals surface area contributed by atoms with Crippen molar-refractivity contribution in [3.05, 3.63) is 120 Å². The molecule has 3 aromatic carbocycles. The maximum absolute atomic E-state index is 13.6. The van der Waals surface area contributed by atoms with Crippen molar-refractivity contribution in [2.45, 2.75) is 78.9 Å². The molecule has 0 amide bonds. The average molecular weight is 966 g/mol. The molecule has 0 aromatic heterocycles. The predicted octanol–water partition coefficient (Wildman–Crippen LogP) is 7.33. The second-order valence-electron chi connectivity index (χ2n) is 13.9. The first-order chi connectivity index (χ1) is 30.9. The van der Waals surface area contributed by atoms with Crippen LogP contribution in [0.2, 0.25) is 0 Å². The lowest BCUT2D eigenvalue weighted by atomic mass is 9.99. The van der Waals surface area contributed by atoms with Gasteiger partial charge in [0.25, 0.3) is 11.4 Å². The SMILES string of the molecule is CC[C@H](C)C(N)C(=O)O.CC[C@H](C)[C@H](Nc1cc(F)c([N+](=O)[O-])cc1[N+](=O)[O-])C(=O)O.CC[C@H](C)[C@H](Nc1cc(F)c([N+](=O)[O-])cc1[N+](=O)[O-])C(=O)O.O=[N+]([O-])c1cc([N+](=O)[O-])c(F)cc1F. The van der Waals surface area contributed by atoms with Crippen molar-refractivity contribution in [2.24, 2.45) is 23.5 Å². The predicted molar refractivity (Wildman–Crippen MR) is 223 cm³/mol. The summed E-state index contributed by atoms with van der Waals surface area (Å²) in [4.78, 5) is 89.7. The van der Waals surface area contributed by atoms with Crippen LogP contribution in [-0.4, -0.2) is 80.9 Å². The standard InChI is InChI=1S/2C12H14FN3O6.C6H2F2N2O4.C6H13NO2/c2*1-3-6(2)11(12(17)18)14-8-4-7(13)9(15(19)20)5-10(8)16(21)22;7-3-1-4(8)6(10(13)14)2-5(3)9(11)12;1-3-4(2)5(7)6(8)9/h2*4-6,11,14H,3H2,1-2H3,(H,17,18);1-2H;4-5H,3,7H2,1-2H3,(H,8,9)/t2*6-,11-;;4-,5?/m00.0/s1. The number of nitrogens with one attached hydrogen (secondary N) is 2. The van der Waals surface area contributed by atoms with Crippen molar-refractivity contribution in [3.8, 4) is 0 Å². The number of anilines is 2.